The Balaban J connectivity index is 1.73. The second kappa shape index (κ2) is 4.34. The van der Waals surface area contributed by atoms with E-state index in [-0.39, 0.29) is 0 Å². The maximum Gasteiger partial charge on any atom is 0.0898 e. The average molecular weight is 245 g/mol. The minimum atomic E-state index is -0.597. The van der Waals surface area contributed by atoms with Crippen LogP contribution in [0.25, 0.3) is 0 Å². The van der Waals surface area contributed by atoms with Crippen molar-refractivity contribution in [2.45, 2.75) is 57.5 Å². The molecule has 3 rings (SSSR count). The molecule has 2 aliphatic rings. The number of aromatic nitrogens is 1. The summed E-state index contributed by atoms with van der Waals surface area (Å²) in [6, 6.07) is 3.94. The molecule has 2 heteroatoms. The molecule has 0 bridgehead atoms. The average Bonchev–Trinajstić information content (AvgIpc) is 2.77. The minimum Gasteiger partial charge on any atom is -0.385 e. The van der Waals surface area contributed by atoms with Gasteiger partial charge in [0, 0.05) is 12.4 Å². The van der Waals surface area contributed by atoms with Gasteiger partial charge in [0.1, 0.15) is 0 Å². The van der Waals surface area contributed by atoms with Crippen LogP contribution in [0.3, 0.4) is 0 Å². The minimum absolute atomic E-state index is 0.554. The fourth-order valence-corrected chi connectivity index (χ4v) is 4.09. The van der Waals surface area contributed by atoms with Crippen LogP contribution in [0.4, 0.5) is 0 Å². The lowest BCUT2D eigenvalue weighted by molar-refractivity contribution is -0.0384. The van der Waals surface area contributed by atoms with Crippen LogP contribution in [0.15, 0.2) is 24.5 Å². The normalized spacial score (nSPS) is 40.2. The summed E-state index contributed by atoms with van der Waals surface area (Å²) in [5, 5.41) is 10.8. The van der Waals surface area contributed by atoms with Crippen LogP contribution < -0.4 is 0 Å². The molecule has 2 nitrogen and oxygen atoms in total. The van der Waals surface area contributed by atoms with E-state index in [4.69, 9.17) is 0 Å². The molecule has 0 amide bonds. The van der Waals surface area contributed by atoms with Crippen LogP contribution in [0.5, 0.6) is 0 Å². The van der Waals surface area contributed by atoms with Crippen molar-refractivity contribution >= 4 is 0 Å². The van der Waals surface area contributed by atoms with Gasteiger partial charge in [-0.1, -0.05) is 13.3 Å². The van der Waals surface area contributed by atoms with Crippen molar-refractivity contribution in [3.05, 3.63) is 30.1 Å². The number of pyridine rings is 1. The van der Waals surface area contributed by atoms with E-state index in [0.717, 1.165) is 24.3 Å². The first-order valence-electron chi connectivity index (χ1n) is 7.25. The van der Waals surface area contributed by atoms with E-state index in [1.807, 2.05) is 12.1 Å². The maximum atomic E-state index is 10.8. The Morgan fingerprint density at radius 3 is 2.33 bits per heavy atom. The number of hydrogen-bond donors (Lipinski definition) is 1. The zero-order valence-corrected chi connectivity index (χ0v) is 11.2. The van der Waals surface area contributed by atoms with Crippen molar-refractivity contribution < 1.29 is 5.11 Å². The van der Waals surface area contributed by atoms with Gasteiger partial charge in [-0.15, -0.1) is 0 Å². The molecule has 1 heterocycles. The number of nitrogens with zero attached hydrogens (tertiary/aromatic N) is 1. The van der Waals surface area contributed by atoms with Gasteiger partial charge in [-0.25, -0.2) is 0 Å². The van der Waals surface area contributed by atoms with E-state index in [1.54, 1.807) is 12.4 Å². The highest BCUT2D eigenvalue weighted by Crippen LogP contribution is 2.54. The quantitative estimate of drug-likeness (QED) is 0.819. The molecule has 2 aliphatic carbocycles. The Morgan fingerprint density at radius 2 is 1.78 bits per heavy atom. The van der Waals surface area contributed by atoms with Crippen molar-refractivity contribution in [1.29, 1.82) is 0 Å². The van der Waals surface area contributed by atoms with Crippen LogP contribution >= 0.6 is 0 Å². The lowest BCUT2D eigenvalue weighted by atomic mass is 9.66. The Morgan fingerprint density at radius 1 is 1.11 bits per heavy atom. The first kappa shape index (κ1) is 12.2. The van der Waals surface area contributed by atoms with Crippen molar-refractivity contribution in [3.63, 3.8) is 0 Å². The summed E-state index contributed by atoms with van der Waals surface area (Å²) in [6.07, 6.45) is 11.9. The third kappa shape index (κ3) is 2.07. The third-order valence-electron chi connectivity index (χ3n) is 5.30. The predicted octanol–water partition coefficient (Wildman–Crippen LogP) is 3.65. The molecule has 0 saturated heterocycles. The molecule has 1 unspecified atom stereocenters. The molecule has 0 aliphatic heterocycles. The largest absolute Gasteiger partial charge is 0.385 e. The zero-order valence-electron chi connectivity index (χ0n) is 11.2. The SMILES string of the molecule is CC1CCC2(CCC(O)(c3ccncc3)CC2)C1. The van der Waals surface area contributed by atoms with E-state index >= 15 is 0 Å². The number of aliphatic hydroxyl groups is 1. The molecule has 2 fully saturated rings. The van der Waals surface area contributed by atoms with Crippen LogP contribution in [0.1, 0.15) is 57.4 Å². The van der Waals surface area contributed by atoms with E-state index in [2.05, 4.69) is 11.9 Å². The first-order chi connectivity index (χ1) is 8.62. The summed E-state index contributed by atoms with van der Waals surface area (Å²) in [7, 11) is 0. The summed E-state index contributed by atoms with van der Waals surface area (Å²) in [5.74, 6) is 0.886. The Hall–Kier alpha value is -0.890. The van der Waals surface area contributed by atoms with Crippen LogP contribution in [-0.2, 0) is 5.60 Å². The van der Waals surface area contributed by atoms with Crippen molar-refractivity contribution in [2.24, 2.45) is 11.3 Å². The second-order valence-corrected chi connectivity index (χ2v) is 6.62. The molecule has 0 radical (unpaired) electrons. The molecule has 18 heavy (non-hydrogen) atoms. The highest BCUT2D eigenvalue weighted by Gasteiger charge is 2.45. The van der Waals surface area contributed by atoms with Crippen LogP contribution in [0, 0.1) is 11.3 Å². The topological polar surface area (TPSA) is 33.1 Å². The Labute approximate surface area is 109 Å². The van der Waals surface area contributed by atoms with E-state index in [1.165, 1.54) is 32.1 Å². The van der Waals surface area contributed by atoms with E-state index < -0.39 is 5.60 Å². The highest BCUT2D eigenvalue weighted by molar-refractivity contribution is 5.20. The van der Waals surface area contributed by atoms with Gasteiger partial charge in [0.05, 0.1) is 5.60 Å². The Bertz CT molecular complexity index is 406. The van der Waals surface area contributed by atoms with Gasteiger partial charge >= 0.3 is 0 Å². The molecule has 1 N–H and O–H groups in total. The molecule has 0 aromatic carbocycles. The summed E-state index contributed by atoms with van der Waals surface area (Å²) < 4.78 is 0. The standard InChI is InChI=1S/C16H23NO/c1-13-2-5-15(12-13)6-8-16(18,9-7-15)14-3-10-17-11-4-14/h3-4,10-11,13,18H,2,5-9,12H2,1H3. The lowest BCUT2D eigenvalue weighted by Crippen LogP contribution is -2.36. The molecule has 1 aromatic heterocycles. The molecule has 1 spiro atoms. The lowest BCUT2D eigenvalue weighted by Gasteiger charge is -2.42. The predicted molar refractivity (Wildman–Crippen MR) is 72.0 cm³/mol. The van der Waals surface area contributed by atoms with Crippen LogP contribution in [0.2, 0.25) is 0 Å². The molecular weight excluding hydrogens is 222 g/mol. The Kier molecular flexibility index (Phi) is 2.93. The van der Waals surface area contributed by atoms with Gasteiger partial charge in [-0.2, -0.15) is 0 Å². The fourth-order valence-electron chi connectivity index (χ4n) is 4.09. The summed E-state index contributed by atoms with van der Waals surface area (Å²) in [5.41, 5.74) is 1.01. The van der Waals surface area contributed by atoms with Crippen molar-refractivity contribution in [3.8, 4) is 0 Å². The van der Waals surface area contributed by atoms with Crippen molar-refractivity contribution in [2.75, 3.05) is 0 Å². The van der Waals surface area contributed by atoms with E-state index in [9.17, 15) is 5.11 Å². The number of hydrogen-bond acceptors (Lipinski definition) is 2. The molecule has 98 valence electrons. The van der Waals surface area contributed by atoms with Gasteiger partial charge in [-0.05, 0) is 67.6 Å². The highest BCUT2D eigenvalue weighted by atomic mass is 16.3. The summed E-state index contributed by atoms with van der Waals surface area (Å²) in [6.45, 7) is 2.37. The maximum absolute atomic E-state index is 10.8. The molecule has 1 atom stereocenters. The van der Waals surface area contributed by atoms with E-state index in [0.29, 0.717) is 5.41 Å². The van der Waals surface area contributed by atoms with Gasteiger partial charge in [0.25, 0.3) is 0 Å². The number of rotatable bonds is 1. The van der Waals surface area contributed by atoms with Gasteiger partial charge in [0.15, 0.2) is 0 Å². The fraction of sp³-hybridized carbons (Fsp3) is 0.688. The van der Waals surface area contributed by atoms with Crippen LogP contribution in [-0.4, -0.2) is 10.1 Å². The zero-order chi connectivity index (χ0) is 12.6. The van der Waals surface area contributed by atoms with Gasteiger partial charge < -0.3 is 5.11 Å². The monoisotopic (exact) mass is 245 g/mol. The smallest absolute Gasteiger partial charge is 0.0898 e. The van der Waals surface area contributed by atoms with Gasteiger partial charge in [-0.3, -0.25) is 4.98 Å². The second-order valence-electron chi connectivity index (χ2n) is 6.62. The molecular formula is C16H23NO. The molecule has 2 saturated carbocycles. The van der Waals surface area contributed by atoms with Crippen molar-refractivity contribution in [1.82, 2.24) is 4.98 Å². The first-order valence-corrected chi connectivity index (χ1v) is 7.25. The van der Waals surface area contributed by atoms with Gasteiger partial charge in [0.2, 0.25) is 0 Å². The third-order valence-corrected chi connectivity index (χ3v) is 5.30. The summed E-state index contributed by atoms with van der Waals surface area (Å²) in [4.78, 5) is 4.04. The molecule has 1 aromatic rings. The summed E-state index contributed by atoms with van der Waals surface area (Å²) >= 11 is 0.